The Hall–Kier alpha value is -2.26. The molecule has 1 heterocycles. The molecule has 0 saturated carbocycles. The Labute approximate surface area is 114 Å². The van der Waals surface area contributed by atoms with Gasteiger partial charge < -0.3 is 0 Å². The number of carbonyl (C=O) groups is 1. The van der Waals surface area contributed by atoms with Crippen LogP contribution in [-0.2, 0) is 0 Å². The molecule has 0 spiro atoms. The number of fused-ring (bicyclic) bond motifs is 1. The Bertz CT molecular complexity index is 771. The van der Waals surface area contributed by atoms with E-state index in [1.165, 1.54) is 0 Å². The van der Waals surface area contributed by atoms with Crippen molar-refractivity contribution in [1.29, 1.82) is 0 Å². The molecule has 3 nitrogen and oxygen atoms in total. The quantitative estimate of drug-likeness (QED) is 0.668. The van der Waals surface area contributed by atoms with E-state index in [-0.39, 0.29) is 5.78 Å². The summed E-state index contributed by atoms with van der Waals surface area (Å²) in [7, 11) is 0. The van der Waals surface area contributed by atoms with Crippen LogP contribution in [0.1, 0.15) is 15.9 Å². The Kier molecular flexibility index (Phi) is 2.97. The van der Waals surface area contributed by atoms with Crippen molar-refractivity contribution >= 4 is 28.4 Å². The van der Waals surface area contributed by atoms with E-state index in [2.05, 4.69) is 9.97 Å². The minimum atomic E-state index is -0.0740. The number of halogens is 1. The number of hydrogen-bond acceptors (Lipinski definition) is 3. The number of carbonyl (C=O) groups excluding carboxylic acids is 1. The molecular formula is C15H9ClN2O. The molecule has 0 aliphatic carbocycles. The summed E-state index contributed by atoms with van der Waals surface area (Å²) in [6, 6.07) is 12.2. The van der Waals surface area contributed by atoms with Gasteiger partial charge in [-0.05, 0) is 30.3 Å². The van der Waals surface area contributed by atoms with Gasteiger partial charge in [0, 0.05) is 28.5 Å². The molecule has 0 aliphatic rings. The van der Waals surface area contributed by atoms with Gasteiger partial charge >= 0.3 is 0 Å². The van der Waals surface area contributed by atoms with Crippen molar-refractivity contribution in [2.45, 2.75) is 0 Å². The third kappa shape index (κ3) is 2.33. The number of nitrogens with zero attached hydrogens (tertiary/aromatic N) is 2. The maximum atomic E-state index is 12.3. The summed E-state index contributed by atoms with van der Waals surface area (Å²) in [6.07, 6.45) is 3.23. The van der Waals surface area contributed by atoms with Crippen LogP contribution in [-0.4, -0.2) is 15.8 Å². The van der Waals surface area contributed by atoms with E-state index < -0.39 is 0 Å². The van der Waals surface area contributed by atoms with E-state index in [1.54, 1.807) is 54.9 Å². The molecular weight excluding hydrogens is 260 g/mol. The second-order valence-corrected chi connectivity index (χ2v) is 4.54. The highest BCUT2D eigenvalue weighted by atomic mass is 35.5. The van der Waals surface area contributed by atoms with Gasteiger partial charge in [-0.2, -0.15) is 0 Å². The van der Waals surface area contributed by atoms with Crippen molar-refractivity contribution < 1.29 is 4.79 Å². The van der Waals surface area contributed by atoms with Gasteiger partial charge in [0.1, 0.15) is 0 Å². The largest absolute Gasteiger partial charge is 0.289 e. The van der Waals surface area contributed by atoms with Crippen molar-refractivity contribution in [3.63, 3.8) is 0 Å². The van der Waals surface area contributed by atoms with Crippen molar-refractivity contribution in [2.75, 3.05) is 0 Å². The van der Waals surface area contributed by atoms with E-state index >= 15 is 0 Å². The topological polar surface area (TPSA) is 42.9 Å². The summed E-state index contributed by atoms with van der Waals surface area (Å²) in [5, 5.41) is 0.548. The third-order valence-electron chi connectivity index (χ3n) is 2.82. The minimum absolute atomic E-state index is 0.0740. The summed E-state index contributed by atoms with van der Waals surface area (Å²) in [4.78, 5) is 20.7. The van der Waals surface area contributed by atoms with Crippen LogP contribution in [0.25, 0.3) is 11.0 Å². The van der Waals surface area contributed by atoms with Gasteiger partial charge in [0.15, 0.2) is 5.78 Å². The van der Waals surface area contributed by atoms with Crippen LogP contribution >= 0.6 is 11.6 Å². The van der Waals surface area contributed by atoms with Crippen LogP contribution in [0.4, 0.5) is 0 Å². The fourth-order valence-electron chi connectivity index (χ4n) is 1.90. The van der Waals surface area contributed by atoms with E-state index in [4.69, 9.17) is 11.6 Å². The highest BCUT2D eigenvalue weighted by molar-refractivity contribution is 6.31. The van der Waals surface area contributed by atoms with E-state index in [1.807, 2.05) is 0 Å². The van der Waals surface area contributed by atoms with Gasteiger partial charge in [-0.3, -0.25) is 14.8 Å². The minimum Gasteiger partial charge on any atom is -0.289 e. The molecule has 3 aromatic rings. The van der Waals surface area contributed by atoms with Gasteiger partial charge in [0.2, 0.25) is 0 Å². The van der Waals surface area contributed by atoms with Crippen LogP contribution in [0.5, 0.6) is 0 Å². The molecule has 4 heteroatoms. The zero-order valence-corrected chi connectivity index (χ0v) is 10.6. The number of aromatic nitrogens is 2. The molecule has 0 unspecified atom stereocenters. The van der Waals surface area contributed by atoms with Crippen LogP contribution < -0.4 is 0 Å². The zero-order chi connectivity index (χ0) is 13.2. The summed E-state index contributed by atoms with van der Waals surface area (Å²) < 4.78 is 0. The van der Waals surface area contributed by atoms with Crippen LogP contribution in [0.3, 0.4) is 0 Å². The van der Waals surface area contributed by atoms with Crippen molar-refractivity contribution in [3.05, 3.63) is 71.0 Å². The van der Waals surface area contributed by atoms with Gasteiger partial charge in [-0.1, -0.05) is 23.7 Å². The Morgan fingerprint density at radius 1 is 0.895 bits per heavy atom. The average molecular weight is 269 g/mol. The molecule has 0 amide bonds. The highest BCUT2D eigenvalue weighted by Gasteiger charge is 2.10. The van der Waals surface area contributed by atoms with E-state index in [9.17, 15) is 4.79 Å². The van der Waals surface area contributed by atoms with Gasteiger partial charge in [0.25, 0.3) is 0 Å². The lowest BCUT2D eigenvalue weighted by Crippen LogP contribution is -2.01. The molecule has 3 rings (SSSR count). The molecule has 2 aromatic carbocycles. The fourth-order valence-corrected chi connectivity index (χ4v) is 2.09. The van der Waals surface area contributed by atoms with Crippen molar-refractivity contribution in [1.82, 2.24) is 9.97 Å². The van der Waals surface area contributed by atoms with Crippen LogP contribution in [0, 0.1) is 0 Å². The van der Waals surface area contributed by atoms with E-state index in [0.29, 0.717) is 21.7 Å². The summed E-state index contributed by atoms with van der Waals surface area (Å²) in [6.45, 7) is 0. The molecule has 0 N–H and O–H groups in total. The second-order valence-electron chi connectivity index (χ2n) is 4.10. The highest BCUT2D eigenvalue weighted by Crippen LogP contribution is 2.17. The van der Waals surface area contributed by atoms with Crippen LogP contribution in [0.15, 0.2) is 54.9 Å². The Balaban J connectivity index is 2.06. The maximum Gasteiger partial charge on any atom is 0.193 e. The molecule has 0 fully saturated rings. The fraction of sp³-hybridized carbons (Fsp3) is 0. The first kappa shape index (κ1) is 11.8. The molecule has 0 radical (unpaired) electrons. The van der Waals surface area contributed by atoms with E-state index in [0.717, 1.165) is 5.52 Å². The second kappa shape index (κ2) is 4.78. The normalized spacial score (nSPS) is 10.6. The lowest BCUT2D eigenvalue weighted by Gasteiger charge is -2.03. The first-order chi connectivity index (χ1) is 9.24. The van der Waals surface area contributed by atoms with Crippen molar-refractivity contribution in [2.24, 2.45) is 0 Å². The predicted octanol–water partition coefficient (Wildman–Crippen LogP) is 3.51. The van der Waals surface area contributed by atoms with Crippen LogP contribution in [0.2, 0.25) is 5.02 Å². The summed E-state index contributed by atoms with van der Waals surface area (Å²) >= 11 is 5.90. The predicted molar refractivity (Wildman–Crippen MR) is 74.4 cm³/mol. The summed E-state index contributed by atoms with van der Waals surface area (Å²) in [5.41, 5.74) is 2.62. The van der Waals surface area contributed by atoms with Gasteiger partial charge in [0.05, 0.1) is 11.0 Å². The molecule has 92 valence electrons. The number of benzene rings is 2. The van der Waals surface area contributed by atoms with Crippen molar-refractivity contribution in [3.8, 4) is 0 Å². The standard InChI is InChI=1S/C15H9ClN2O/c16-12-3-1-2-10(8-12)15(19)11-4-5-13-14(9-11)18-7-6-17-13/h1-9H. The first-order valence-electron chi connectivity index (χ1n) is 5.75. The Morgan fingerprint density at radius 3 is 2.42 bits per heavy atom. The lowest BCUT2D eigenvalue weighted by molar-refractivity contribution is 0.103. The molecule has 0 saturated heterocycles. The molecule has 0 aliphatic heterocycles. The lowest BCUT2D eigenvalue weighted by atomic mass is 10.0. The monoisotopic (exact) mass is 268 g/mol. The molecule has 0 bridgehead atoms. The first-order valence-corrected chi connectivity index (χ1v) is 6.13. The number of hydrogen-bond donors (Lipinski definition) is 0. The summed E-state index contributed by atoms with van der Waals surface area (Å²) in [5.74, 6) is -0.0740. The molecule has 1 aromatic heterocycles. The molecule has 0 atom stereocenters. The van der Waals surface area contributed by atoms with Gasteiger partial charge in [-0.25, -0.2) is 0 Å². The Morgan fingerprint density at radius 2 is 1.63 bits per heavy atom. The zero-order valence-electron chi connectivity index (χ0n) is 9.88. The maximum absolute atomic E-state index is 12.3. The number of rotatable bonds is 2. The molecule has 19 heavy (non-hydrogen) atoms. The number of ketones is 1. The SMILES string of the molecule is O=C(c1cccc(Cl)c1)c1ccc2nccnc2c1. The smallest absolute Gasteiger partial charge is 0.193 e. The third-order valence-corrected chi connectivity index (χ3v) is 3.05. The van der Waals surface area contributed by atoms with Gasteiger partial charge in [-0.15, -0.1) is 0 Å². The average Bonchev–Trinajstić information content (AvgIpc) is 2.46.